The molecule has 4 rings (SSSR count). The van der Waals surface area contributed by atoms with E-state index in [1.165, 1.54) is 25.3 Å². The van der Waals surface area contributed by atoms with Crippen LogP contribution in [-0.2, 0) is 9.59 Å². The van der Waals surface area contributed by atoms with Crippen molar-refractivity contribution in [3.05, 3.63) is 34.6 Å². The van der Waals surface area contributed by atoms with Crippen LogP contribution in [0.15, 0.2) is 18.2 Å². The number of benzene rings is 1. The third-order valence-corrected chi connectivity index (χ3v) is 9.13. The summed E-state index contributed by atoms with van der Waals surface area (Å²) in [6.45, 7) is 11.1. The minimum absolute atomic E-state index is 0.0393. The van der Waals surface area contributed by atoms with Gasteiger partial charge in [-0.1, -0.05) is 49.8 Å². The zero-order chi connectivity index (χ0) is 26.9. The third-order valence-electron chi connectivity index (χ3n) is 8.90. The molecule has 0 bridgehead atoms. The number of hydrogen-bond donors (Lipinski definition) is 1. The Labute approximate surface area is 226 Å². The number of carbonyl (C=O) groups excluding carboxylic acids is 1. The molecule has 206 valence electrons. The molecule has 2 heterocycles. The van der Waals surface area contributed by atoms with Crippen molar-refractivity contribution in [2.75, 3.05) is 32.7 Å². The van der Waals surface area contributed by atoms with Gasteiger partial charge >= 0.3 is 5.97 Å². The molecule has 0 spiro atoms. The second-order valence-electron chi connectivity index (χ2n) is 12.4. The van der Waals surface area contributed by atoms with Crippen molar-refractivity contribution < 1.29 is 19.1 Å². The summed E-state index contributed by atoms with van der Waals surface area (Å²) in [7, 11) is 0. The van der Waals surface area contributed by atoms with Gasteiger partial charge in [-0.05, 0) is 57.7 Å². The van der Waals surface area contributed by atoms with Crippen LogP contribution in [0.25, 0.3) is 0 Å². The molecule has 8 heteroatoms. The maximum absolute atomic E-state index is 15.0. The fraction of sp³-hybridized carbons (Fsp3) is 0.724. The molecule has 1 amide bonds. The number of carboxylic acid groups (broad SMARTS) is 1. The second-order valence-corrected chi connectivity index (χ2v) is 12.9. The van der Waals surface area contributed by atoms with E-state index in [0.717, 1.165) is 12.8 Å². The van der Waals surface area contributed by atoms with E-state index in [-0.39, 0.29) is 35.1 Å². The Morgan fingerprint density at radius 1 is 1.11 bits per heavy atom. The monoisotopic (exact) mass is 535 g/mol. The van der Waals surface area contributed by atoms with Crippen LogP contribution < -0.4 is 0 Å². The van der Waals surface area contributed by atoms with Gasteiger partial charge in [0.2, 0.25) is 5.91 Å². The average Bonchev–Trinajstić information content (AvgIpc) is 3.28. The number of carbonyl (C=O) groups is 2. The Hall–Kier alpha value is -1.70. The summed E-state index contributed by atoms with van der Waals surface area (Å²) in [6, 6.07) is 4.15. The lowest BCUT2D eigenvalue weighted by atomic mass is 9.84. The van der Waals surface area contributed by atoms with Gasteiger partial charge in [0.05, 0.1) is 5.92 Å². The molecule has 1 saturated carbocycles. The predicted octanol–water partition coefficient (Wildman–Crippen LogP) is 5.25. The molecule has 1 N–H and O–H groups in total. The second kappa shape index (κ2) is 11.6. The van der Waals surface area contributed by atoms with E-state index in [1.54, 1.807) is 12.1 Å². The maximum atomic E-state index is 15.0. The molecule has 1 aliphatic carbocycles. The number of aliphatic carboxylic acids is 1. The molecule has 4 atom stereocenters. The van der Waals surface area contributed by atoms with Crippen LogP contribution in [0.2, 0.25) is 5.02 Å². The first-order valence-electron chi connectivity index (χ1n) is 13.9. The quantitative estimate of drug-likeness (QED) is 0.539. The summed E-state index contributed by atoms with van der Waals surface area (Å²) in [5, 5.41) is 10.4. The number of amides is 1. The van der Waals surface area contributed by atoms with Crippen LogP contribution in [0.3, 0.4) is 0 Å². The number of hydrogen-bond acceptors (Lipinski definition) is 4. The van der Waals surface area contributed by atoms with Gasteiger partial charge in [0.1, 0.15) is 11.9 Å². The third kappa shape index (κ3) is 6.48. The fourth-order valence-electron chi connectivity index (χ4n) is 6.67. The Morgan fingerprint density at radius 3 is 2.41 bits per heavy atom. The first-order chi connectivity index (χ1) is 17.5. The highest BCUT2D eigenvalue weighted by Gasteiger charge is 2.46. The highest BCUT2D eigenvalue weighted by Crippen LogP contribution is 2.39. The van der Waals surface area contributed by atoms with Crippen molar-refractivity contribution in [1.82, 2.24) is 14.7 Å². The van der Waals surface area contributed by atoms with E-state index in [1.807, 2.05) is 11.8 Å². The fourth-order valence-corrected chi connectivity index (χ4v) is 6.83. The molecule has 0 aromatic heterocycles. The summed E-state index contributed by atoms with van der Waals surface area (Å²) in [4.78, 5) is 32.4. The predicted molar refractivity (Wildman–Crippen MR) is 144 cm³/mol. The lowest BCUT2D eigenvalue weighted by molar-refractivity contribution is -0.148. The average molecular weight is 536 g/mol. The van der Waals surface area contributed by atoms with E-state index >= 15 is 0 Å². The number of piperazine rings is 1. The molecule has 3 aliphatic rings. The summed E-state index contributed by atoms with van der Waals surface area (Å²) in [6.07, 6.45) is 6.56. The van der Waals surface area contributed by atoms with Gasteiger partial charge < -0.3 is 10.0 Å². The molecule has 2 saturated heterocycles. The van der Waals surface area contributed by atoms with E-state index in [0.29, 0.717) is 55.6 Å². The minimum Gasteiger partial charge on any atom is -0.480 e. The van der Waals surface area contributed by atoms with Crippen LogP contribution in [0.4, 0.5) is 4.39 Å². The zero-order valence-electron chi connectivity index (χ0n) is 22.8. The van der Waals surface area contributed by atoms with Crippen molar-refractivity contribution in [2.24, 2.45) is 11.8 Å². The van der Waals surface area contributed by atoms with Crippen molar-refractivity contribution in [3.8, 4) is 0 Å². The first-order valence-corrected chi connectivity index (χ1v) is 14.3. The van der Waals surface area contributed by atoms with E-state index in [4.69, 9.17) is 11.6 Å². The summed E-state index contributed by atoms with van der Waals surface area (Å²) < 4.78 is 15.0. The normalized spacial score (nSPS) is 27.4. The molecular formula is C29H43ClFN3O3. The van der Waals surface area contributed by atoms with Gasteiger partial charge in [-0.2, -0.15) is 0 Å². The highest BCUT2D eigenvalue weighted by atomic mass is 35.5. The topological polar surface area (TPSA) is 64.1 Å². The van der Waals surface area contributed by atoms with Gasteiger partial charge in [0.15, 0.2) is 0 Å². The van der Waals surface area contributed by atoms with Crippen LogP contribution >= 0.6 is 11.6 Å². The zero-order valence-corrected chi connectivity index (χ0v) is 23.5. The van der Waals surface area contributed by atoms with Gasteiger partial charge in [-0.25, -0.2) is 4.39 Å². The molecular weight excluding hydrogens is 493 g/mol. The van der Waals surface area contributed by atoms with Crippen molar-refractivity contribution in [3.63, 3.8) is 0 Å². The molecule has 3 fully saturated rings. The molecule has 2 aliphatic heterocycles. The van der Waals surface area contributed by atoms with Gasteiger partial charge in [0, 0.05) is 55.2 Å². The van der Waals surface area contributed by atoms with E-state index in [2.05, 4.69) is 30.6 Å². The Kier molecular flexibility index (Phi) is 8.86. The van der Waals surface area contributed by atoms with Gasteiger partial charge in [0.25, 0.3) is 0 Å². The standard InChI is InChI=1S/C29H43ClFN3O3/c1-19-16-32(26(28(36)37)14-20-8-6-5-7-9-20)12-13-34(19)27(35)24-18-33(29(2,3)4)17-23(24)22-11-10-21(30)15-25(22)31/h10-11,15,19-20,23-24,26H,5-9,12-14,16-18H2,1-4H3,(H,36,37)/t19-,23-,24+,26-/m0/s1. The summed E-state index contributed by atoms with van der Waals surface area (Å²) >= 11 is 6.02. The van der Waals surface area contributed by atoms with E-state index < -0.39 is 12.0 Å². The Bertz CT molecular complexity index is 978. The van der Waals surface area contributed by atoms with Gasteiger partial charge in [-0.3, -0.25) is 19.4 Å². The Balaban J connectivity index is 1.49. The molecule has 0 unspecified atom stereocenters. The molecule has 1 aromatic carbocycles. The summed E-state index contributed by atoms with van der Waals surface area (Å²) in [5.41, 5.74) is 0.396. The molecule has 37 heavy (non-hydrogen) atoms. The minimum atomic E-state index is -0.757. The number of nitrogens with zero attached hydrogens (tertiary/aromatic N) is 3. The number of likely N-dealkylation sites (tertiary alicyclic amines) is 1. The SMILES string of the molecule is C[C@H]1CN([C@@H](CC2CCCCC2)C(=O)O)CCN1C(=O)[C@@H]1CN(C(C)(C)C)C[C@H]1c1ccc(Cl)cc1F. The molecule has 6 nitrogen and oxygen atoms in total. The number of rotatable bonds is 6. The molecule has 0 radical (unpaired) electrons. The largest absolute Gasteiger partial charge is 0.480 e. The van der Waals surface area contributed by atoms with Gasteiger partial charge in [-0.15, -0.1) is 0 Å². The van der Waals surface area contributed by atoms with Crippen molar-refractivity contribution in [2.45, 2.75) is 89.8 Å². The van der Waals surface area contributed by atoms with Crippen LogP contribution in [-0.4, -0.2) is 82.0 Å². The lowest BCUT2D eigenvalue weighted by Crippen LogP contribution is -2.59. The van der Waals surface area contributed by atoms with Crippen molar-refractivity contribution >= 4 is 23.5 Å². The number of halogens is 2. The smallest absolute Gasteiger partial charge is 0.320 e. The summed E-state index contributed by atoms with van der Waals surface area (Å²) in [5.74, 6) is -1.23. The lowest BCUT2D eigenvalue weighted by Gasteiger charge is -2.44. The molecule has 1 aromatic rings. The maximum Gasteiger partial charge on any atom is 0.320 e. The van der Waals surface area contributed by atoms with E-state index in [9.17, 15) is 19.1 Å². The van der Waals surface area contributed by atoms with Crippen LogP contribution in [0.5, 0.6) is 0 Å². The van der Waals surface area contributed by atoms with Crippen molar-refractivity contribution in [1.29, 1.82) is 0 Å². The number of carboxylic acids is 1. The van der Waals surface area contributed by atoms with Crippen LogP contribution in [0, 0.1) is 17.7 Å². The highest BCUT2D eigenvalue weighted by molar-refractivity contribution is 6.30. The van der Waals surface area contributed by atoms with Crippen LogP contribution in [0.1, 0.15) is 77.7 Å². The first kappa shape index (κ1) is 28.3. The Morgan fingerprint density at radius 2 is 1.81 bits per heavy atom.